The Morgan fingerprint density at radius 2 is 1.77 bits per heavy atom. The number of pyridine rings is 1. The van der Waals surface area contributed by atoms with Gasteiger partial charge in [0.1, 0.15) is 0 Å². The topological polar surface area (TPSA) is 85.6 Å². The number of carbonyl (C=O) groups is 1. The Morgan fingerprint density at radius 3 is 2.53 bits per heavy atom. The molecule has 0 aliphatic heterocycles. The predicted molar refractivity (Wildman–Crippen MR) is 184 cm³/mol. The van der Waals surface area contributed by atoms with Gasteiger partial charge in [0.05, 0.1) is 18.6 Å². The third kappa shape index (κ3) is 9.94. The second-order valence-corrected chi connectivity index (χ2v) is 14.7. The molecule has 1 aliphatic rings. The first kappa shape index (κ1) is 36.7. The number of anilines is 1. The van der Waals surface area contributed by atoms with Crippen LogP contribution in [0, 0.1) is 29.1 Å². The molecule has 1 amide bonds. The van der Waals surface area contributed by atoms with Crippen molar-refractivity contribution in [2.24, 2.45) is 29.1 Å². The quantitative estimate of drug-likeness (QED) is 0.0889. The number of hydrogen-bond donors (Lipinski definition) is 1. The molecule has 1 aliphatic carbocycles. The zero-order chi connectivity index (χ0) is 32.7. The van der Waals surface area contributed by atoms with Crippen molar-refractivity contribution in [3.05, 3.63) is 65.5 Å². The minimum atomic E-state index is -0.427. The third-order valence-electron chi connectivity index (χ3n) is 10.3. The van der Waals surface area contributed by atoms with E-state index < -0.39 is 5.63 Å². The van der Waals surface area contributed by atoms with Crippen LogP contribution >= 0.6 is 0 Å². The molecule has 4 unspecified atom stereocenters. The molecular formula is C39H53BrN2O5. The number of benzene rings is 1. The highest BCUT2D eigenvalue weighted by molar-refractivity contribution is 5.99. The minimum Gasteiger partial charge on any atom is -1.00 e. The van der Waals surface area contributed by atoms with Gasteiger partial charge in [0.25, 0.3) is 0 Å². The highest BCUT2D eigenvalue weighted by Crippen LogP contribution is 2.46. The summed E-state index contributed by atoms with van der Waals surface area (Å²) in [5, 5.41) is 4.75. The summed E-state index contributed by atoms with van der Waals surface area (Å²) < 4.78 is 19.2. The minimum absolute atomic E-state index is 0. The lowest BCUT2D eigenvalue weighted by atomic mass is 9.62. The van der Waals surface area contributed by atoms with Gasteiger partial charge in [-0.05, 0) is 60.1 Å². The molecule has 256 valence electrons. The van der Waals surface area contributed by atoms with Crippen molar-refractivity contribution in [3.63, 3.8) is 0 Å². The Bertz CT molecular complexity index is 1640. The summed E-state index contributed by atoms with van der Waals surface area (Å²) in [6, 6.07) is 10.8. The molecule has 3 aromatic heterocycles. The summed E-state index contributed by atoms with van der Waals surface area (Å²) >= 11 is 0. The average molecular weight is 710 g/mol. The fraction of sp³-hybridized carbons (Fsp3) is 0.564. The molecular weight excluding hydrogens is 656 g/mol. The van der Waals surface area contributed by atoms with E-state index in [0.29, 0.717) is 41.3 Å². The molecule has 1 N–H and O–H groups in total. The van der Waals surface area contributed by atoms with Crippen molar-refractivity contribution in [1.82, 2.24) is 0 Å². The van der Waals surface area contributed by atoms with E-state index in [-0.39, 0.29) is 22.9 Å². The maximum atomic E-state index is 12.7. The van der Waals surface area contributed by atoms with Gasteiger partial charge < -0.3 is 35.9 Å². The molecule has 3 heterocycles. The number of aryl methyl sites for hydroxylation is 1. The van der Waals surface area contributed by atoms with Gasteiger partial charge >= 0.3 is 5.63 Å². The molecule has 0 saturated heterocycles. The molecule has 8 heteroatoms. The predicted octanol–water partition coefficient (Wildman–Crippen LogP) is 6.31. The number of carbonyl (C=O) groups excluding carboxylic acids is 1. The van der Waals surface area contributed by atoms with Crippen LogP contribution in [-0.4, -0.2) is 12.5 Å². The van der Waals surface area contributed by atoms with Gasteiger partial charge in [0.2, 0.25) is 11.7 Å². The summed E-state index contributed by atoms with van der Waals surface area (Å²) in [7, 11) is 0. The number of aromatic nitrogens is 1. The number of rotatable bonds is 15. The molecule has 47 heavy (non-hydrogen) atoms. The summed E-state index contributed by atoms with van der Waals surface area (Å²) in [5.74, 6) is 3.36. The van der Waals surface area contributed by atoms with E-state index in [4.69, 9.17) is 13.6 Å². The summed E-state index contributed by atoms with van der Waals surface area (Å²) in [5.41, 5.74) is 1.84. The van der Waals surface area contributed by atoms with E-state index in [1.165, 1.54) is 51.0 Å². The molecule has 7 nitrogen and oxygen atoms in total. The Kier molecular flexibility index (Phi) is 13.1. The van der Waals surface area contributed by atoms with Crippen LogP contribution < -0.4 is 37.2 Å². The van der Waals surface area contributed by atoms with Crippen LogP contribution in [0.4, 0.5) is 5.69 Å². The SMILES string of the molecule is CC(CCCC(C)CC(=O)Nc1cc[n+](CCCOc2c3occc3cc3ccc(=O)oc23)cc1)CCC1C(C)CCCC1(C)C.[Br-]. The zero-order valence-electron chi connectivity index (χ0n) is 28.9. The van der Waals surface area contributed by atoms with Crippen molar-refractivity contribution in [2.45, 2.75) is 105 Å². The van der Waals surface area contributed by atoms with Crippen LogP contribution in [-0.2, 0) is 11.3 Å². The average Bonchev–Trinajstić information content (AvgIpc) is 3.47. The molecule has 1 saturated carbocycles. The van der Waals surface area contributed by atoms with Crippen LogP contribution in [0.5, 0.6) is 5.75 Å². The number of hydrogen-bond acceptors (Lipinski definition) is 5. The van der Waals surface area contributed by atoms with Crippen molar-refractivity contribution < 1.29 is 39.9 Å². The standard InChI is InChI=1S/C39H52N2O5.BrH/c1-27(12-14-33-29(3)11-7-19-39(33,4)5)9-6-10-28(2)25-34(42)40-32-16-21-41(22-17-32)20-8-23-44-38-36-31(18-24-45-36)26-30-13-15-35(43)46-37(30)38;/h13,15-18,21-22,24,26-29,33H,6-12,14,19-20,23,25H2,1-5H3;1H. The van der Waals surface area contributed by atoms with Crippen LogP contribution in [0.15, 0.2) is 68.7 Å². The summed E-state index contributed by atoms with van der Waals surface area (Å²) in [6.45, 7) is 13.2. The summed E-state index contributed by atoms with van der Waals surface area (Å²) in [4.78, 5) is 24.6. The van der Waals surface area contributed by atoms with Gasteiger partial charge in [-0.1, -0.05) is 73.1 Å². The van der Waals surface area contributed by atoms with Gasteiger partial charge in [0, 0.05) is 41.8 Å². The van der Waals surface area contributed by atoms with E-state index >= 15 is 0 Å². The van der Waals surface area contributed by atoms with Crippen LogP contribution in [0.2, 0.25) is 0 Å². The molecule has 0 bridgehead atoms. The monoisotopic (exact) mass is 708 g/mol. The number of amides is 1. The molecule has 0 spiro atoms. The van der Waals surface area contributed by atoms with Gasteiger partial charge in [-0.3, -0.25) is 4.79 Å². The van der Waals surface area contributed by atoms with E-state index in [1.54, 1.807) is 12.3 Å². The van der Waals surface area contributed by atoms with E-state index in [9.17, 15) is 9.59 Å². The molecule has 1 aromatic carbocycles. The Morgan fingerprint density at radius 1 is 1.02 bits per heavy atom. The maximum absolute atomic E-state index is 12.7. The normalized spacial score (nSPS) is 18.8. The van der Waals surface area contributed by atoms with Crippen LogP contribution in [0.1, 0.15) is 98.8 Å². The molecule has 1 fully saturated rings. The number of nitrogens with zero attached hydrogens (tertiary/aromatic N) is 1. The second-order valence-electron chi connectivity index (χ2n) is 14.7. The Hall–Kier alpha value is -3.13. The third-order valence-corrected chi connectivity index (χ3v) is 10.3. The highest BCUT2D eigenvalue weighted by atomic mass is 79.9. The lowest BCUT2D eigenvalue weighted by Gasteiger charge is -2.43. The lowest BCUT2D eigenvalue weighted by molar-refractivity contribution is -0.697. The number of nitrogens with one attached hydrogen (secondary N) is 1. The van der Waals surface area contributed by atoms with Crippen molar-refractivity contribution in [3.8, 4) is 5.75 Å². The van der Waals surface area contributed by atoms with E-state index in [2.05, 4.69) is 44.5 Å². The van der Waals surface area contributed by atoms with Crippen LogP contribution in [0.25, 0.3) is 21.9 Å². The van der Waals surface area contributed by atoms with Gasteiger partial charge in [-0.25, -0.2) is 9.36 Å². The van der Waals surface area contributed by atoms with Crippen molar-refractivity contribution >= 4 is 33.5 Å². The molecule has 0 radical (unpaired) electrons. The fourth-order valence-electron chi connectivity index (χ4n) is 7.61. The maximum Gasteiger partial charge on any atom is 0.336 e. The Labute approximate surface area is 290 Å². The van der Waals surface area contributed by atoms with Gasteiger partial charge in [0.15, 0.2) is 30.1 Å². The smallest absolute Gasteiger partial charge is 0.336 e. The van der Waals surface area contributed by atoms with Gasteiger partial charge in [-0.2, -0.15) is 0 Å². The highest BCUT2D eigenvalue weighted by Gasteiger charge is 2.36. The molecule has 4 atom stereocenters. The van der Waals surface area contributed by atoms with Crippen LogP contribution in [0.3, 0.4) is 0 Å². The second kappa shape index (κ2) is 16.8. The number of fused-ring (bicyclic) bond motifs is 2. The molecule has 4 aromatic rings. The fourth-order valence-corrected chi connectivity index (χ4v) is 7.61. The largest absolute Gasteiger partial charge is 1.00 e. The number of halogens is 1. The first-order valence-electron chi connectivity index (χ1n) is 17.4. The van der Waals surface area contributed by atoms with Crippen molar-refractivity contribution in [1.29, 1.82) is 0 Å². The number of ether oxygens (including phenoxy) is 1. The first-order valence-corrected chi connectivity index (χ1v) is 17.4. The van der Waals surface area contributed by atoms with E-state index in [1.807, 2.05) is 36.7 Å². The number of furan rings is 1. The molecule has 5 rings (SSSR count). The summed E-state index contributed by atoms with van der Waals surface area (Å²) in [6.07, 6.45) is 17.2. The van der Waals surface area contributed by atoms with E-state index in [0.717, 1.165) is 53.6 Å². The Balaban J connectivity index is 0.00000500. The van der Waals surface area contributed by atoms with Gasteiger partial charge in [-0.15, -0.1) is 0 Å². The zero-order valence-corrected chi connectivity index (χ0v) is 30.4. The lowest BCUT2D eigenvalue weighted by Crippen LogP contribution is -3.00. The first-order chi connectivity index (χ1) is 22.1. The van der Waals surface area contributed by atoms with Crippen molar-refractivity contribution in [2.75, 3.05) is 11.9 Å².